The number of aromatic nitrogens is 1. The molecular weight excluding hydrogens is 306 g/mol. The molecule has 3 rings (SSSR count). The van der Waals surface area contributed by atoms with Crippen molar-refractivity contribution in [3.05, 3.63) is 45.9 Å². The van der Waals surface area contributed by atoms with Crippen LogP contribution in [-0.4, -0.2) is 28.9 Å². The topological polar surface area (TPSA) is 45.2 Å². The fourth-order valence-electron chi connectivity index (χ4n) is 2.67. The Morgan fingerprint density at radius 1 is 1.48 bits per heavy atom. The SMILES string of the molecule is O=C(CN1CCC[C@@H]1c1cccs1)Nc1cccnc1Cl. The monoisotopic (exact) mass is 321 g/mol. The van der Waals surface area contributed by atoms with E-state index in [2.05, 4.69) is 32.7 Å². The van der Waals surface area contributed by atoms with Crippen molar-refractivity contribution in [2.24, 2.45) is 0 Å². The maximum absolute atomic E-state index is 12.2. The van der Waals surface area contributed by atoms with Crippen LogP contribution in [0, 0.1) is 0 Å². The molecule has 1 aliphatic heterocycles. The fourth-order valence-corrected chi connectivity index (χ4v) is 3.73. The van der Waals surface area contributed by atoms with Crippen molar-refractivity contribution in [2.45, 2.75) is 18.9 Å². The van der Waals surface area contributed by atoms with Gasteiger partial charge in [-0.2, -0.15) is 0 Å². The molecule has 1 N–H and O–H groups in total. The van der Waals surface area contributed by atoms with Crippen molar-refractivity contribution in [3.8, 4) is 0 Å². The fraction of sp³-hybridized carbons (Fsp3) is 0.333. The summed E-state index contributed by atoms with van der Waals surface area (Å²) >= 11 is 7.71. The summed E-state index contributed by atoms with van der Waals surface area (Å²) in [7, 11) is 0. The average Bonchev–Trinajstić information content (AvgIpc) is 3.11. The molecule has 1 amide bonds. The summed E-state index contributed by atoms with van der Waals surface area (Å²) in [5, 5.41) is 5.24. The molecule has 21 heavy (non-hydrogen) atoms. The number of hydrogen-bond acceptors (Lipinski definition) is 4. The van der Waals surface area contributed by atoms with E-state index in [-0.39, 0.29) is 5.91 Å². The molecule has 0 aromatic carbocycles. The molecule has 3 heterocycles. The molecule has 1 atom stereocenters. The molecule has 0 spiro atoms. The molecule has 2 aromatic rings. The Balaban J connectivity index is 1.63. The summed E-state index contributed by atoms with van der Waals surface area (Å²) in [5.41, 5.74) is 0.566. The highest BCUT2D eigenvalue weighted by molar-refractivity contribution is 7.10. The van der Waals surface area contributed by atoms with Gasteiger partial charge in [0.1, 0.15) is 0 Å². The molecular formula is C15H16ClN3OS. The van der Waals surface area contributed by atoms with Crippen LogP contribution in [0.5, 0.6) is 0 Å². The summed E-state index contributed by atoms with van der Waals surface area (Å²) in [6.07, 6.45) is 3.84. The lowest BCUT2D eigenvalue weighted by molar-refractivity contribution is -0.117. The number of thiophene rings is 1. The normalized spacial score (nSPS) is 18.8. The van der Waals surface area contributed by atoms with E-state index in [9.17, 15) is 4.79 Å². The minimum Gasteiger partial charge on any atom is -0.322 e. The minimum absolute atomic E-state index is 0.0478. The van der Waals surface area contributed by atoms with Crippen LogP contribution in [-0.2, 0) is 4.79 Å². The van der Waals surface area contributed by atoms with Crippen LogP contribution < -0.4 is 5.32 Å². The van der Waals surface area contributed by atoms with E-state index in [1.54, 1.807) is 29.7 Å². The maximum atomic E-state index is 12.2. The predicted molar refractivity (Wildman–Crippen MR) is 85.7 cm³/mol. The highest BCUT2D eigenvalue weighted by Gasteiger charge is 2.28. The second-order valence-electron chi connectivity index (χ2n) is 5.03. The molecule has 0 bridgehead atoms. The van der Waals surface area contributed by atoms with Crippen LogP contribution in [0.25, 0.3) is 0 Å². The van der Waals surface area contributed by atoms with Crippen LogP contribution in [0.15, 0.2) is 35.8 Å². The molecule has 0 saturated carbocycles. The molecule has 2 aromatic heterocycles. The first-order chi connectivity index (χ1) is 10.2. The first-order valence-electron chi connectivity index (χ1n) is 6.92. The molecule has 1 aliphatic rings. The Hall–Kier alpha value is -1.43. The summed E-state index contributed by atoms with van der Waals surface area (Å²) < 4.78 is 0. The molecule has 4 nitrogen and oxygen atoms in total. The number of pyridine rings is 1. The first kappa shape index (κ1) is 14.5. The van der Waals surface area contributed by atoms with E-state index in [0.717, 1.165) is 19.4 Å². The second kappa shape index (κ2) is 6.56. The smallest absolute Gasteiger partial charge is 0.238 e. The zero-order valence-electron chi connectivity index (χ0n) is 11.5. The second-order valence-corrected chi connectivity index (χ2v) is 6.37. The van der Waals surface area contributed by atoms with Crippen LogP contribution in [0.1, 0.15) is 23.8 Å². The van der Waals surface area contributed by atoms with E-state index in [0.29, 0.717) is 23.4 Å². The third-order valence-electron chi connectivity index (χ3n) is 3.62. The number of nitrogens with one attached hydrogen (secondary N) is 1. The first-order valence-corrected chi connectivity index (χ1v) is 8.17. The summed E-state index contributed by atoms with van der Waals surface area (Å²) in [5.74, 6) is -0.0478. The van der Waals surface area contributed by atoms with Gasteiger partial charge in [-0.25, -0.2) is 4.98 Å². The number of rotatable bonds is 4. The summed E-state index contributed by atoms with van der Waals surface area (Å²) in [6.45, 7) is 1.34. The van der Waals surface area contributed by atoms with Crippen LogP contribution >= 0.6 is 22.9 Å². The number of likely N-dealkylation sites (tertiary alicyclic amines) is 1. The van der Waals surface area contributed by atoms with Gasteiger partial charge >= 0.3 is 0 Å². The Kier molecular flexibility index (Phi) is 4.53. The van der Waals surface area contributed by atoms with Crippen LogP contribution in [0.2, 0.25) is 5.15 Å². The minimum atomic E-state index is -0.0478. The third kappa shape index (κ3) is 3.43. The molecule has 0 aliphatic carbocycles. The zero-order valence-corrected chi connectivity index (χ0v) is 13.0. The van der Waals surface area contributed by atoms with Gasteiger partial charge in [0.25, 0.3) is 0 Å². The van der Waals surface area contributed by atoms with E-state index in [1.807, 2.05) is 0 Å². The molecule has 110 valence electrons. The number of halogens is 1. The van der Waals surface area contributed by atoms with Crippen molar-refractivity contribution in [1.29, 1.82) is 0 Å². The van der Waals surface area contributed by atoms with Crippen molar-refractivity contribution in [3.63, 3.8) is 0 Å². The predicted octanol–water partition coefficient (Wildman–Crippen LogP) is 3.57. The lowest BCUT2D eigenvalue weighted by Gasteiger charge is -2.22. The van der Waals surface area contributed by atoms with Gasteiger partial charge in [-0.1, -0.05) is 17.7 Å². The lowest BCUT2D eigenvalue weighted by Crippen LogP contribution is -2.32. The van der Waals surface area contributed by atoms with Gasteiger partial charge in [0.15, 0.2) is 5.15 Å². The highest BCUT2D eigenvalue weighted by Crippen LogP contribution is 2.34. The van der Waals surface area contributed by atoms with Gasteiger partial charge in [-0.15, -0.1) is 11.3 Å². The van der Waals surface area contributed by atoms with E-state index >= 15 is 0 Å². The number of carbonyl (C=O) groups excluding carboxylic acids is 1. The number of amides is 1. The van der Waals surface area contributed by atoms with Gasteiger partial charge in [-0.3, -0.25) is 9.69 Å². The molecule has 6 heteroatoms. The van der Waals surface area contributed by atoms with E-state index in [1.165, 1.54) is 4.88 Å². The van der Waals surface area contributed by atoms with Gasteiger partial charge in [0, 0.05) is 17.1 Å². The highest BCUT2D eigenvalue weighted by atomic mass is 35.5. The van der Waals surface area contributed by atoms with Gasteiger partial charge < -0.3 is 5.32 Å². The molecule has 0 unspecified atom stereocenters. The van der Waals surface area contributed by atoms with Gasteiger partial charge in [0.05, 0.1) is 12.2 Å². The Morgan fingerprint density at radius 3 is 3.14 bits per heavy atom. The van der Waals surface area contributed by atoms with Crippen molar-refractivity contribution >= 4 is 34.5 Å². The van der Waals surface area contributed by atoms with E-state index < -0.39 is 0 Å². The third-order valence-corrected chi connectivity index (χ3v) is 4.89. The maximum Gasteiger partial charge on any atom is 0.238 e. The van der Waals surface area contributed by atoms with Crippen LogP contribution in [0.4, 0.5) is 5.69 Å². The Morgan fingerprint density at radius 2 is 2.38 bits per heavy atom. The average molecular weight is 322 g/mol. The number of hydrogen-bond donors (Lipinski definition) is 1. The molecule has 1 saturated heterocycles. The van der Waals surface area contributed by atoms with Crippen molar-refractivity contribution in [2.75, 3.05) is 18.4 Å². The lowest BCUT2D eigenvalue weighted by atomic mass is 10.2. The van der Waals surface area contributed by atoms with Gasteiger partial charge in [-0.05, 0) is 43.0 Å². The number of nitrogens with zero attached hydrogens (tertiary/aromatic N) is 2. The largest absolute Gasteiger partial charge is 0.322 e. The number of anilines is 1. The standard InChI is InChI=1S/C15H16ClN3OS/c16-15-11(4-1-7-17-15)18-14(20)10-19-8-2-5-12(19)13-6-3-9-21-13/h1,3-4,6-7,9,12H,2,5,8,10H2,(H,18,20)/t12-/m1/s1. The zero-order chi connectivity index (χ0) is 14.7. The molecule has 1 fully saturated rings. The Bertz CT molecular complexity index is 617. The van der Waals surface area contributed by atoms with Crippen molar-refractivity contribution in [1.82, 2.24) is 9.88 Å². The molecule has 0 radical (unpaired) electrons. The van der Waals surface area contributed by atoms with Crippen molar-refractivity contribution < 1.29 is 4.79 Å². The quantitative estimate of drug-likeness (QED) is 0.876. The summed E-state index contributed by atoms with van der Waals surface area (Å²) in [4.78, 5) is 19.7. The summed E-state index contributed by atoms with van der Waals surface area (Å²) in [6, 6.07) is 8.08. The Labute approximate surface area is 132 Å². The van der Waals surface area contributed by atoms with E-state index in [4.69, 9.17) is 11.6 Å². The van der Waals surface area contributed by atoms with Crippen LogP contribution in [0.3, 0.4) is 0 Å². The number of carbonyl (C=O) groups is 1. The van der Waals surface area contributed by atoms with Gasteiger partial charge in [0.2, 0.25) is 5.91 Å².